The topological polar surface area (TPSA) is 15.3 Å². The van der Waals surface area contributed by atoms with Crippen LogP contribution in [0.3, 0.4) is 0 Å². The van der Waals surface area contributed by atoms with Gasteiger partial charge in [-0.25, -0.2) is 0 Å². The Morgan fingerprint density at radius 1 is 1.10 bits per heavy atom. The van der Waals surface area contributed by atoms with Crippen molar-refractivity contribution in [2.24, 2.45) is 11.8 Å². The highest BCUT2D eigenvalue weighted by Crippen LogP contribution is 2.33. The summed E-state index contributed by atoms with van der Waals surface area (Å²) in [6.45, 7) is 12.0. The molecule has 0 amide bonds. The molecule has 2 nitrogen and oxygen atoms in total. The predicted octanol–water partition coefficient (Wildman–Crippen LogP) is 4.69. The van der Waals surface area contributed by atoms with E-state index in [0.29, 0.717) is 6.04 Å². The second-order valence-corrected chi connectivity index (χ2v) is 7.42. The lowest BCUT2D eigenvalue weighted by atomic mass is 9.76. The average Bonchev–Trinajstić information content (AvgIpc) is 2.47. The van der Waals surface area contributed by atoms with Crippen LogP contribution in [0.4, 0.5) is 0 Å². The van der Waals surface area contributed by atoms with Crippen LogP contribution < -0.4 is 5.32 Å². The first-order valence-electron chi connectivity index (χ1n) is 9.53. The summed E-state index contributed by atoms with van der Waals surface area (Å²) in [6.07, 6.45) is 11.1. The molecule has 0 aromatic rings. The molecule has 0 spiro atoms. The van der Waals surface area contributed by atoms with E-state index in [2.05, 4.69) is 45.0 Å². The highest BCUT2D eigenvalue weighted by molar-refractivity contribution is 4.86. The molecule has 0 heterocycles. The lowest BCUT2D eigenvalue weighted by Gasteiger charge is -2.40. The molecule has 1 rings (SSSR count). The van der Waals surface area contributed by atoms with Crippen molar-refractivity contribution in [2.75, 3.05) is 20.1 Å². The van der Waals surface area contributed by atoms with Crippen molar-refractivity contribution in [1.29, 1.82) is 0 Å². The second kappa shape index (κ2) is 10.6. The molecule has 21 heavy (non-hydrogen) atoms. The van der Waals surface area contributed by atoms with Crippen molar-refractivity contribution in [3.8, 4) is 0 Å². The van der Waals surface area contributed by atoms with Gasteiger partial charge in [-0.3, -0.25) is 0 Å². The van der Waals surface area contributed by atoms with Crippen molar-refractivity contribution in [3.63, 3.8) is 0 Å². The third-order valence-electron chi connectivity index (χ3n) is 5.41. The SMILES string of the molecule is CCCCCN(CC1CC(CCC)CCC1NC)C(C)C. The molecule has 3 atom stereocenters. The fourth-order valence-electron chi connectivity index (χ4n) is 4.04. The van der Waals surface area contributed by atoms with E-state index >= 15 is 0 Å². The van der Waals surface area contributed by atoms with Gasteiger partial charge in [-0.1, -0.05) is 39.5 Å². The Morgan fingerprint density at radius 2 is 1.86 bits per heavy atom. The summed E-state index contributed by atoms with van der Waals surface area (Å²) < 4.78 is 0. The summed E-state index contributed by atoms with van der Waals surface area (Å²) in [5, 5.41) is 3.60. The molecule has 1 N–H and O–H groups in total. The van der Waals surface area contributed by atoms with Crippen LogP contribution in [0, 0.1) is 11.8 Å². The van der Waals surface area contributed by atoms with E-state index in [1.807, 2.05) is 0 Å². The summed E-state index contributed by atoms with van der Waals surface area (Å²) in [5.74, 6) is 1.83. The molecular formula is C19H40N2. The Balaban J connectivity index is 2.55. The number of unbranched alkanes of at least 4 members (excludes halogenated alkanes) is 2. The number of hydrogen-bond donors (Lipinski definition) is 1. The first-order chi connectivity index (χ1) is 10.1. The Morgan fingerprint density at radius 3 is 2.43 bits per heavy atom. The van der Waals surface area contributed by atoms with Crippen molar-refractivity contribution >= 4 is 0 Å². The first-order valence-corrected chi connectivity index (χ1v) is 9.53. The maximum atomic E-state index is 3.60. The number of nitrogens with zero attached hydrogens (tertiary/aromatic N) is 1. The quantitative estimate of drug-likeness (QED) is 0.588. The summed E-state index contributed by atoms with van der Waals surface area (Å²) in [6, 6.07) is 1.43. The van der Waals surface area contributed by atoms with Crippen LogP contribution >= 0.6 is 0 Å². The van der Waals surface area contributed by atoms with Crippen LogP contribution in [0.1, 0.15) is 79.1 Å². The standard InChI is InChI=1S/C19H40N2/c1-6-8-9-13-21(16(3)4)15-18-14-17(10-7-2)11-12-19(18)20-5/h16-20H,6-15H2,1-5H3. The summed E-state index contributed by atoms with van der Waals surface area (Å²) >= 11 is 0. The van der Waals surface area contributed by atoms with Crippen LogP contribution in [-0.2, 0) is 0 Å². The van der Waals surface area contributed by atoms with Gasteiger partial charge in [0.05, 0.1) is 0 Å². The Hall–Kier alpha value is -0.0800. The Labute approximate surface area is 134 Å². The zero-order chi connectivity index (χ0) is 15.7. The minimum absolute atomic E-state index is 0.686. The second-order valence-electron chi connectivity index (χ2n) is 7.42. The highest BCUT2D eigenvalue weighted by atomic mass is 15.1. The van der Waals surface area contributed by atoms with Crippen molar-refractivity contribution in [3.05, 3.63) is 0 Å². The lowest BCUT2D eigenvalue weighted by molar-refractivity contribution is 0.118. The van der Waals surface area contributed by atoms with E-state index in [1.54, 1.807) is 0 Å². The lowest BCUT2D eigenvalue weighted by Crippen LogP contribution is -2.46. The molecular weight excluding hydrogens is 256 g/mol. The van der Waals surface area contributed by atoms with Gasteiger partial charge in [-0.15, -0.1) is 0 Å². The molecule has 0 saturated heterocycles. The number of hydrogen-bond acceptors (Lipinski definition) is 2. The van der Waals surface area contributed by atoms with Gasteiger partial charge < -0.3 is 10.2 Å². The zero-order valence-corrected chi connectivity index (χ0v) is 15.3. The highest BCUT2D eigenvalue weighted by Gasteiger charge is 2.30. The Bertz CT molecular complexity index is 252. The fourth-order valence-corrected chi connectivity index (χ4v) is 4.04. The molecule has 0 aliphatic heterocycles. The van der Waals surface area contributed by atoms with Gasteiger partial charge >= 0.3 is 0 Å². The van der Waals surface area contributed by atoms with E-state index in [1.165, 1.54) is 64.5 Å². The zero-order valence-electron chi connectivity index (χ0n) is 15.3. The minimum Gasteiger partial charge on any atom is -0.317 e. The van der Waals surface area contributed by atoms with Crippen LogP contribution in [0.5, 0.6) is 0 Å². The molecule has 0 bridgehead atoms. The molecule has 0 aromatic carbocycles. The first kappa shape index (κ1) is 19.0. The van der Waals surface area contributed by atoms with Crippen molar-refractivity contribution in [2.45, 2.75) is 91.1 Å². The van der Waals surface area contributed by atoms with Crippen molar-refractivity contribution < 1.29 is 0 Å². The molecule has 1 aliphatic carbocycles. The number of rotatable bonds is 10. The van der Waals surface area contributed by atoms with Gasteiger partial charge in [0, 0.05) is 18.6 Å². The van der Waals surface area contributed by atoms with E-state index in [9.17, 15) is 0 Å². The Kier molecular flexibility index (Phi) is 9.59. The molecule has 1 aliphatic rings. The maximum Gasteiger partial charge on any atom is 0.0105 e. The van der Waals surface area contributed by atoms with Gasteiger partial charge in [-0.2, -0.15) is 0 Å². The fraction of sp³-hybridized carbons (Fsp3) is 1.00. The van der Waals surface area contributed by atoms with E-state index in [0.717, 1.165) is 17.9 Å². The smallest absolute Gasteiger partial charge is 0.0105 e. The van der Waals surface area contributed by atoms with Crippen LogP contribution in [-0.4, -0.2) is 37.1 Å². The van der Waals surface area contributed by atoms with Crippen LogP contribution in [0.15, 0.2) is 0 Å². The summed E-state index contributed by atoms with van der Waals surface area (Å²) in [5.41, 5.74) is 0. The summed E-state index contributed by atoms with van der Waals surface area (Å²) in [4.78, 5) is 2.74. The van der Waals surface area contributed by atoms with Gasteiger partial charge in [0.25, 0.3) is 0 Å². The molecule has 1 fully saturated rings. The monoisotopic (exact) mass is 296 g/mol. The minimum atomic E-state index is 0.686. The normalized spacial score (nSPS) is 26.7. The largest absolute Gasteiger partial charge is 0.317 e. The van der Waals surface area contributed by atoms with E-state index < -0.39 is 0 Å². The van der Waals surface area contributed by atoms with Crippen LogP contribution in [0.2, 0.25) is 0 Å². The third kappa shape index (κ3) is 6.69. The number of nitrogens with one attached hydrogen (secondary N) is 1. The molecule has 3 unspecified atom stereocenters. The maximum absolute atomic E-state index is 3.60. The third-order valence-corrected chi connectivity index (χ3v) is 5.41. The summed E-state index contributed by atoms with van der Waals surface area (Å²) in [7, 11) is 2.16. The molecule has 2 heteroatoms. The average molecular weight is 297 g/mol. The van der Waals surface area contributed by atoms with Gasteiger partial charge in [0.15, 0.2) is 0 Å². The van der Waals surface area contributed by atoms with Gasteiger partial charge in [-0.05, 0) is 65.0 Å². The molecule has 0 radical (unpaired) electrons. The van der Waals surface area contributed by atoms with E-state index in [-0.39, 0.29) is 0 Å². The predicted molar refractivity (Wildman–Crippen MR) is 94.8 cm³/mol. The van der Waals surface area contributed by atoms with Crippen LogP contribution in [0.25, 0.3) is 0 Å². The molecule has 1 saturated carbocycles. The van der Waals surface area contributed by atoms with Gasteiger partial charge in [0.2, 0.25) is 0 Å². The van der Waals surface area contributed by atoms with E-state index in [4.69, 9.17) is 0 Å². The van der Waals surface area contributed by atoms with Crippen molar-refractivity contribution in [1.82, 2.24) is 10.2 Å². The molecule has 0 aromatic heterocycles. The van der Waals surface area contributed by atoms with Gasteiger partial charge in [0.1, 0.15) is 0 Å². The molecule has 126 valence electrons.